The minimum atomic E-state index is -0.262. The van der Waals surface area contributed by atoms with Crippen LogP contribution in [-0.4, -0.2) is 8.80 Å². The van der Waals surface area contributed by atoms with Gasteiger partial charge in [-0.15, -0.1) is 0 Å². The minimum Gasteiger partial charge on any atom is -0.305 e. The summed E-state index contributed by atoms with van der Waals surface area (Å²) in [6.07, 6.45) is 0. The van der Waals surface area contributed by atoms with Crippen molar-refractivity contribution in [2.45, 2.75) is 105 Å². The van der Waals surface area contributed by atoms with Gasteiger partial charge in [0.2, 0.25) is 0 Å². The number of para-hydroxylation sites is 4. The first-order valence-corrected chi connectivity index (χ1v) is 22.2. The highest BCUT2D eigenvalue weighted by atomic mass is 19.1. The minimum absolute atomic E-state index is 0.0883. The van der Waals surface area contributed by atoms with Crippen LogP contribution in [0.15, 0.2) is 109 Å². The van der Waals surface area contributed by atoms with Crippen molar-refractivity contribution < 1.29 is 8.78 Å². The zero-order chi connectivity index (χ0) is 43.7. The smallest absolute Gasteiger partial charge is 0.147 e. The fourth-order valence-electron chi connectivity index (χ4n) is 10.5. The quantitative estimate of drug-likeness (QED) is 0.164. The van der Waals surface area contributed by atoms with E-state index in [1.165, 1.54) is 22.3 Å². The van der Waals surface area contributed by atoms with Gasteiger partial charge in [0.05, 0.1) is 33.1 Å². The third kappa shape index (κ3) is 5.25. The van der Waals surface area contributed by atoms with Crippen LogP contribution < -0.4 is 0 Å². The Hall–Kier alpha value is -6.00. The average molecular weight is 817 g/mol. The third-order valence-corrected chi connectivity index (χ3v) is 13.9. The van der Waals surface area contributed by atoms with Crippen molar-refractivity contribution in [1.29, 1.82) is 0 Å². The van der Waals surface area contributed by atoms with Crippen molar-refractivity contribution in [1.82, 2.24) is 8.80 Å². The molecule has 0 aliphatic heterocycles. The Morgan fingerprint density at radius 3 is 0.887 bits per heavy atom. The van der Waals surface area contributed by atoms with Crippen LogP contribution in [0, 0.1) is 11.6 Å². The molecule has 4 heterocycles. The lowest BCUT2D eigenvalue weighted by molar-refractivity contribution is 0.568. The normalized spacial score (nSPS) is 13.6. The van der Waals surface area contributed by atoms with Crippen molar-refractivity contribution in [2.24, 2.45) is 0 Å². The van der Waals surface area contributed by atoms with E-state index >= 15 is 8.78 Å². The van der Waals surface area contributed by atoms with Crippen LogP contribution in [0.2, 0.25) is 0 Å². The number of fused-ring (bicyclic) bond motifs is 14. The van der Waals surface area contributed by atoms with E-state index < -0.39 is 0 Å². The second kappa shape index (κ2) is 12.3. The molecule has 4 heteroatoms. The number of rotatable bonds is 2. The fraction of sp³-hybridized carbons (Fsp3) is 0.276. The predicted molar refractivity (Wildman–Crippen MR) is 261 cm³/mol. The summed E-state index contributed by atoms with van der Waals surface area (Å²) >= 11 is 0. The highest BCUT2D eigenvalue weighted by molar-refractivity contribution is 6.46. The molecule has 0 radical (unpaired) electrons. The number of hydrogen-bond acceptors (Lipinski definition) is 0. The van der Waals surface area contributed by atoms with Gasteiger partial charge in [-0.1, -0.05) is 180 Å². The van der Waals surface area contributed by atoms with E-state index in [-0.39, 0.29) is 33.3 Å². The first-order valence-electron chi connectivity index (χ1n) is 22.2. The van der Waals surface area contributed by atoms with Crippen molar-refractivity contribution >= 4 is 76.2 Å². The van der Waals surface area contributed by atoms with Gasteiger partial charge in [0.1, 0.15) is 11.6 Å². The maximum Gasteiger partial charge on any atom is 0.147 e. The van der Waals surface area contributed by atoms with Crippen molar-refractivity contribution in [3.8, 4) is 22.3 Å². The predicted octanol–water partition coefficient (Wildman–Crippen LogP) is 16.8. The van der Waals surface area contributed by atoms with Crippen molar-refractivity contribution in [3.63, 3.8) is 0 Å². The molecule has 0 saturated carbocycles. The summed E-state index contributed by atoms with van der Waals surface area (Å²) in [6, 6.07) is 38.1. The van der Waals surface area contributed by atoms with Gasteiger partial charge in [-0.3, -0.25) is 0 Å². The van der Waals surface area contributed by atoms with Gasteiger partial charge < -0.3 is 8.80 Å². The Bertz CT molecular complexity index is 3370. The standard InChI is InChI=1S/C58H54F2N2/c1-55(2,3)33-25-31(26-34(29-33)56(4,5)6)37-17-13-19-39-45-47-42-22-16-24-44(60)52(42)62-50-38(32-27-35(57(7,8)9)30-36(28-32)58(10,11)12)18-14-20-40(50)46(54(47)62)48-41-21-15-23-43(59)51(41)61(49(37)39)53(45)48/h13-30H,1-12H3. The lowest BCUT2D eigenvalue weighted by Gasteiger charge is -2.26. The molecule has 310 valence electrons. The Morgan fingerprint density at radius 2 is 0.597 bits per heavy atom. The molecule has 2 nitrogen and oxygen atoms in total. The Morgan fingerprint density at radius 1 is 0.323 bits per heavy atom. The summed E-state index contributed by atoms with van der Waals surface area (Å²) in [4.78, 5) is 0. The molecule has 0 amide bonds. The van der Waals surface area contributed by atoms with E-state index in [9.17, 15) is 0 Å². The van der Waals surface area contributed by atoms with Gasteiger partial charge in [-0.2, -0.15) is 0 Å². The molecule has 11 aromatic rings. The van der Waals surface area contributed by atoms with Crippen molar-refractivity contribution in [3.05, 3.63) is 143 Å². The number of aromatic nitrogens is 2. The summed E-state index contributed by atoms with van der Waals surface area (Å²) in [6.45, 7) is 27.2. The van der Waals surface area contributed by atoms with Crippen LogP contribution in [0.25, 0.3) is 98.4 Å². The molecular formula is C58H54F2N2. The molecule has 0 aliphatic rings. The summed E-state index contributed by atoms with van der Waals surface area (Å²) in [5.74, 6) is -0.523. The van der Waals surface area contributed by atoms with Crippen LogP contribution in [0.3, 0.4) is 0 Å². The first-order chi connectivity index (χ1) is 29.1. The van der Waals surface area contributed by atoms with Gasteiger partial charge in [0.25, 0.3) is 0 Å². The van der Waals surface area contributed by atoms with E-state index in [1.54, 1.807) is 12.1 Å². The second-order valence-corrected chi connectivity index (χ2v) is 22.1. The molecule has 0 unspecified atom stereocenters. The number of nitrogens with zero attached hydrogens (tertiary/aromatic N) is 2. The molecule has 7 aromatic carbocycles. The maximum atomic E-state index is 17.0. The molecule has 4 aromatic heterocycles. The molecule has 0 atom stereocenters. The highest BCUT2D eigenvalue weighted by Crippen LogP contribution is 2.54. The highest BCUT2D eigenvalue weighted by Gasteiger charge is 2.33. The zero-order valence-electron chi connectivity index (χ0n) is 38.0. The second-order valence-electron chi connectivity index (χ2n) is 22.1. The SMILES string of the molecule is CC(C)(C)c1cc(-c2cccc3c4c5c6cccc(F)c6n6c7c(-c8cc(C(C)(C)C)cc(C(C)(C)C)c8)cccc7c(c7c8cccc(F)c8n(c23)c74)c56)cc(C(C)(C)C)c1. The zero-order valence-corrected chi connectivity index (χ0v) is 38.0. The monoisotopic (exact) mass is 816 g/mol. The van der Waals surface area contributed by atoms with Crippen LogP contribution in [0.4, 0.5) is 8.78 Å². The molecule has 0 bridgehead atoms. The van der Waals surface area contributed by atoms with Crippen LogP contribution in [-0.2, 0) is 21.7 Å². The summed E-state index contributed by atoms with van der Waals surface area (Å²) < 4.78 is 38.4. The number of hydrogen-bond donors (Lipinski definition) is 0. The summed E-state index contributed by atoms with van der Waals surface area (Å²) in [5.41, 5.74) is 14.0. The molecule has 62 heavy (non-hydrogen) atoms. The molecular weight excluding hydrogens is 763 g/mol. The lowest BCUT2D eigenvalue weighted by atomic mass is 9.78. The fourth-order valence-corrected chi connectivity index (χ4v) is 10.5. The van der Waals surface area contributed by atoms with Gasteiger partial charge in [-0.25, -0.2) is 8.78 Å². The molecule has 11 rings (SSSR count). The maximum absolute atomic E-state index is 17.0. The molecule has 0 aliphatic carbocycles. The van der Waals surface area contributed by atoms with E-state index in [4.69, 9.17) is 0 Å². The molecule has 0 N–H and O–H groups in total. The van der Waals surface area contributed by atoms with Gasteiger partial charge in [0, 0.05) is 54.2 Å². The van der Waals surface area contributed by atoms with E-state index in [1.807, 2.05) is 12.1 Å². The van der Waals surface area contributed by atoms with Crippen LogP contribution in [0.1, 0.15) is 105 Å². The van der Waals surface area contributed by atoms with E-state index in [0.717, 1.165) is 87.4 Å². The van der Waals surface area contributed by atoms with Gasteiger partial charge >= 0.3 is 0 Å². The number of halogens is 2. The average Bonchev–Trinajstić information content (AvgIpc) is 3.93. The van der Waals surface area contributed by atoms with Gasteiger partial charge in [-0.05, 0) is 67.2 Å². The lowest BCUT2D eigenvalue weighted by Crippen LogP contribution is -2.16. The number of benzene rings is 7. The van der Waals surface area contributed by atoms with E-state index in [2.05, 4.69) is 177 Å². The topological polar surface area (TPSA) is 8.82 Å². The summed E-state index contributed by atoms with van der Waals surface area (Å²) in [7, 11) is 0. The van der Waals surface area contributed by atoms with Gasteiger partial charge in [0.15, 0.2) is 0 Å². The van der Waals surface area contributed by atoms with Crippen LogP contribution >= 0.6 is 0 Å². The van der Waals surface area contributed by atoms with Crippen molar-refractivity contribution in [2.75, 3.05) is 0 Å². The molecule has 0 spiro atoms. The Labute approximate surface area is 362 Å². The van der Waals surface area contributed by atoms with E-state index in [0.29, 0.717) is 11.0 Å². The van der Waals surface area contributed by atoms with Crippen LogP contribution in [0.5, 0.6) is 0 Å². The molecule has 0 fully saturated rings. The summed E-state index contributed by atoms with van der Waals surface area (Å²) in [5, 5.41) is 7.85. The molecule has 0 saturated heterocycles. The Balaban J connectivity index is 1.39. The third-order valence-electron chi connectivity index (χ3n) is 13.9. The largest absolute Gasteiger partial charge is 0.305 e. The first kappa shape index (κ1) is 38.9. The Kier molecular flexibility index (Phi) is 7.74.